The van der Waals surface area contributed by atoms with E-state index in [4.69, 9.17) is 9.47 Å². The Morgan fingerprint density at radius 2 is 2.14 bits per heavy atom. The van der Waals surface area contributed by atoms with Gasteiger partial charge in [-0.15, -0.1) is 0 Å². The van der Waals surface area contributed by atoms with Crippen molar-refractivity contribution >= 4 is 16.7 Å². The first-order valence-corrected chi connectivity index (χ1v) is 7.54. The molecule has 1 unspecified atom stereocenters. The molecule has 1 aliphatic rings. The van der Waals surface area contributed by atoms with Crippen molar-refractivity contribution in [3.05, 3.63) is 42.5 Å². The Hall–Kier alpha value is -2.11. The van der Waals surface area contributed by atoms with Gasteiger partial charge in [-0.2, -0.15) is 0 Å². The fourth-order valence-corrected chi connectivity index (χ4v) is 2.45. The predicted octanol–water partition coefficient (Wildman–Crippen LogP) is 1.32. The number of amides is 1. The van der Waals surface area contributed by atoms with Gasteiger partial charge in [-0.1, -0.05) is 30.3 Å². The highest BCUT2D eigenvalue weighted by Crippen LogP contribution is 2.20. The molecule has 1 amide bonds. The Kier molecular flexibility index (Phi) is 4.88. The molecule has 1 fully saturated rings. The van der Waals surface area contributed by atoms with Crippen molar-refractivity contribution in [3.8, 4) is 5.75 Å². The molecule has 0 radical (unpaired) electrons. The zero-order chi connectivity index (χ0) is 15.2. The van der Waals surface area contributed by atoms with Crippen LogP contribution in [0.4, 0.5) is 0 Å². The van der Waals surface area contributed by atoms with Crippen molar-refractivity contribution in [1.82, 2.24) is 10.6 Å². The maximum absolute atomic E-state index is 11.9. The fraction of sp³-hybridized carbons (Fsp3) is 0.353. The molecule has 0 aliphatic carbocycles. The van der Waals surface area contributed by atoms with Crippen LogP contribution in [0.2, 0.25) is 0 Å². The van der Waals surface area contributed by atoms with E-state index in [1.165, 1.54) is 5.39 Å². The van der Waals surface area contributed by atoms with E-state index in [2.05, 4.69) is 22.8 Å². The van der Waals surface area contributed by atoms with E-state index in [1.54, 1.807) is 0 Å². The zero-order valence-corrected chi connectivity index (χ0v) is 12.4. The minimum Gasteiger partial charge on any atom is -0.492 e. The van der Waals surface area contributed by atoms with Crippen molar-refractivity contribution in [1.29, 1.82) is 0 Å². The number of hydrogen-bond acceptors (Lipinski definition) is 4. The highest BCUT2D eigenvalue weighted by Gasteiger charge is 2.20. The number of morpholine rings is 1. The van der Waals surface area contributed by atoms with E-state index in [0.29, 0.717) is 26.3 Å². The Labute approximate surface area is 129 Å². The Bertz CT molecular complexity index is 639. The van der Waals surface area contributed by atoms with Gasteiger partial charge in [0.2, 0.25) is 0 Å². The van der Waals surface area contributed by atoms with Gasteiger partial charge in [-0.3, -0.25) is 4.79 Å². The normalized spacial score (nSPS) is 18.1. The number of carbonyl (C=O) groups is 1. The lowest BCUT2D eigenvalue weighted by Crippen LogP contribution is -2.48. The number of rotatable bonds is 5. The van der Waals surface area contributed by atoms with E-state index in [9.17, 15) is 4.79 Å². The van der Waals surface area contributed by atoms with Gasteiger partial charge >= 0.3 is 0 Å². The van der Waals surface area contributed by atoms with Gasteiger partial charge < -0.3 is 20.1 Å². The molecule has 1 heterocycles. The summed E-state index contributed by atoms with van der Waals surface area (Å²) in [5.74, 6) is 0.720. The van der Waals surface area contributed by atoms with Crippen LogP contribution < -0.4 is 15.4 Å². The average molecular weight is 300 g/mol. The van der Waals surface area contributed by atoms with E-state index in [-0.39, 0.29) is 5.91 Å². The van der Waals surface area contributed by atoms with E-state index >= 15 is 0 Å². The largest absolute Gasteiger partial charge is 0.492 e. The third-order valence-corrected chi connectivity index (χ3v) is 3.61. The van der Waals surface area contributed by atoms with Crippen molar-refractivity contribution < 1.29 is 14.3 Å². The first kappa shape index (κ1) is 14.8. The summed E-state index contributed by atoms with van der Waals surface area (Å²) in [6, 6.07) is 14.1. The second-order valence-corrected chi connectivity index (χ2v) is 5.21. The summed E-state index contributed by atoms with van der Waals surface area (Å²) >= 11 is 0. The molecule has 1 saturated heterocycles. The van der Waals surface area contributed by atoms with Gasteiger partial charge in [0.15, 0.2) is 0 Å². The number of benzene rings is 2. The van der Waals surface area contributed by atoms with Crippen molar-refractivity contribution in [3.63, 3.8) is 0 Å². The summed E-state index contributed by atoms with van der Waals surface area (Å²) in [5, 5.41) is 8.29. The van der Waals surface area contributed by atoms with Crippen molar-refractivity contribution in [2.24, 2.45) is 0 Å². The Balaban J connectivity index is 1.44. The molecular weight excluding hydrogens is 280 g/mol. The summed E-state index contributed by atoms with van der Waals surface area (Å²) in [6.07, 6.45) is -0.394. The molecule has 5 heteroatoms. The van der Waals surface area contributed by atoms with Gasteiger partial charge in [-0.05, 0) is 22.9 Å². The number of hydrogen-bond donors (Lipinski definition) is 2. The smallest absolute Gasteiger partial charge is 0.250 e. The maximum Gasteiger partial charge on any atom is 0.250 e. The molecule has 0 spiro atoms. The predicted molar refractivity (Wildman–Crippen MR) is 85.1 cm³/mol. The summed E-state index contributed by atoms with van der Waals surface area (Å²) in [6.45, 7) is 2.84. The van der Waals surface area contributed by atoms with Crippen LogP contribution in [-0.4, -0.2) is 44.9 Å². The van der Waals surface area contributed by atoms with Gasteiger partial charge in [0.25, 0.3) is 5.91 Å². The molecule has 1 aliphatic heterocycles. The van der Waals surface area contributed by atoms with Crippen molar-refractivity contribution in [2.75, 3.05) is 32.8 Å². The van der Waals surface area contributed by atoms with E-state index in [0.717, 1.165) is 17.7 Å². The summed E-state index contributed by atoms with van der Waals surface area (Å²) < 4.78 is 11.1. The maximum atomic E-state index is 11.9. The first-order chi connectivity index (χ1) is 10.8. The number of fused-ring (bicyclic) bond motifs is 1. The van der Waals surface area contributed by atoms with Crippen LogP contribution >= 0.6 is 0 Å². The molecule has 2 N–H and O–H groups in total. The molecule has 2 aromatic carbocycles. The zero-order valence-electron chi connectivity index (χ0n) is 12.4. The third kappa shape index (κ3) is 3.75. The topological polar surface area (TPSA) is 59.6 Å². The quantitative estimate of drug-likeness (QED) is 0.818. The van der Waals surface area contributed by atoms with E-state index < -0.39 is 6.10 Å². The van der Waals surface area contributed by atoms with Crippen LogP contribution in [-0.2, 0) is 9.53 Å². The fourth-order valence-electron chi connectivity index (χ4n) is 2.45. The second kappa shape index (κ2) is 7.24. The lowest BCUT2D eigenvalue weighted by molar-refractivity contribution is -0.134. The molecule has 5 nitrogen and oxygen atoms in total. The molecule has 0 bridgehead atoms. The summed E-state index contributed by atoms with van der Waals surface area (Å²) in [5.41, 5.74) is 0. The van der Waals surface area contributed by atoms with Crippen LogP contribution in [0.3, 0.4) is 0 Å². The molecule has 116 valence electrons. The average Bonchev–Trinajstić information content (AvgIpc) is 2.59. The highest BCUT2D eigenvalue weighted by atomic mass is 16.5. The second-order valence-electron chi connectivity index (χ2n) is 5.21. The van der Waals surface area contributed by atoms with Crippen LogP contribution in [0, 0.1) is 0 Å². The number of carbonyl (C=O) groups excluding carboxylic acids is 1. The molecule has 0 saturated carbocycles. The van der Waals surface area contributed by atoms with Gasteiger partial charge in [0.05, 0.1) is 13.2 Å². The van der Waals surface area contributed by atoms with Crippen LogP contribution in [0.1, 0.15) is 0 Å². The van der Waals surface area contributed by atoms with Crippen LogP contribution in [0.25, 0.3) is 10.8 Å². The molecule has 2 aromatic rings. The number of nitrogens with one attached hydrogen (secondary N) is 2. The Morgan fingerprint density at radius 1 is 1.27 bits per heavy atom. The lowest BCUT2D eigenvalue weighted by atomic mass is 10.1. The number of ether oxygens (including phenoxy) is 2. The third-order valence-electron chi connectivity index (χ3n) is 3.61. The van der Waals surface area contributed by atoms with Crippen LogP contribution in [0.5, 0.6) is 5.75 Å². The van der Waals surface area contributed by atoms with E-state index in [1.807, 2.05) is 30.3 Å². The summed E-state index contributed by atoms with van der Waals surface area (Å²) in [4.78, 5) is 11.9. The summed E-state index contributed by atoms with van der Waals surface area (Å²) in [7, 11) is 0. The van der Waals surface area contributed by atoms with Gasteiger partial charge in [-0.25, -0.2) is 0 Å². The first-order valence-electron chi connectivity index (χ1n) is 7.54. The minimum absolute atomic E-state index is 0.0886. The lowest BCUT2D eigenvalue weighted by Gasteiger charge is -2.22. The van der Waals surface area contributed by atoms with Crippen molar-refractivity contribution in [2.45, 2.75) is 6.10 Å². The van der Waals surface area contributed by atoms with Gasteiger partial charge in [0.1, 0.15) is 18.5 Å². The standard InChI is InChI=1S/C17H20N2O3/c20-17(16-12-18-7-9-22-16)19-8-10-21-15-6-5-13-3-1-2-4-14(13)11-15/h1-6,11,16,18H,7-10,12H2,(H,19,20). The Morgan fingerprint density at radius 3 is 2.95 bits per heavy atom. The molecule has 1 atom stereocenters. The minimum atomic E-state index is -0.394. The highest BCUT2D eigenvalue weighted by molar-refractivity contribution is 5.83. The SMILES string of the molecule is O=C(NCCOc1ccc2ccccc2c1)C1CNCCO1. The molecule has 0 aromatic heterocycles. The molecular formula is C17H20N2O3. The van der Waals surface area contributed by atoms with Gasteiger partial charge in [0, 0.05) is 13.1 Å². The monoisotopic (exact) mass is 300 g/mol. The van der Waals surface area contributed by atoms with Crippen LogP contribution in [0.15, 0.2) is 42.5 Å². The molecule has 3 rings (SSSR count). The molecule has 22 heavy (non-hydrogen) atoms.